The summed E-state index contributed by atoms with van der Waals surface area (Å²) in [5.74, 6) is 0. The average molecular weight is 206 g/mol. The fraction of sp³-hybridized carbons (Fsp3) is 0.400. The second kappa shape index (κ2) is 3.96. The van der Waals surface area contributed by atoms with Crippen LogP contribution in [0.3, 0.4) is 0 Å². The van der Waals surface area contributed by atoms with Gasteiger partial charge in [-0.3, -0.25) is 4.68 Å². The molecule has 0 atom stereocenters. The van der Waals surface area contributed by atoms with Crippen LogP contribution in [0.1, 0.15) is 11.3 Å². The van der Waals surface area contributed by atoms with Crippen molar-refractivity contribution in [2.75, 3.05) is 7.11 Å². The van der Waals surface area contributed by atoms with E-state index in [4.69, 9.17) is 4.84 Å². The van der Waals surface area contributed by atoms with Crippen LogP contribution in [0.15, 0.2) is 12.3 Å². The third-order valence-corrected chi connectivity index (χ3v) is 2.34. The van der Waals surface area contributed by atoms with Crippen LogP contribution in [-0.2, 0) is 18.4 Å². The SMILES string of the molecule is CONCc1cnc2c(c1)c(C)nn2C. The molecule has 0 fully saturated rings. The quantitative estimate of drug-likeness (QED) is 0.759. The van der Waals surface area contributed by atoms with E-state index in [1.54, 1.807) is 11.8 Å². The van der Waals surface area contributed by atoms with Gasteiger partial charge in [0.15, 0.2) is 5.65 Å². The van der Waals surface area contributed by atoms with Crippen LogP contribution in [0.4, 0.5) is 0 Å². The van der Waals surface area contributed by atoms with Gasteiger partial charge in [0.1, 0.15) is 0 Å². The van der Waals surface area contributed by atoms with E-state index in [1.165, 1.54) is 0 Å². The Morgan fingerprint density at radius 3 is 3.07 bits per heavy atom. The summed E-state index contributed by atoms with van der Waals surface area (Å²) in [5.41, 5.74) is 5.78. The summed E-state index contributed by atoms with van der Waals surface area (Å²) in [6.07, 6.45) is 1.83. The predicted octanol–water partition coefficient (Wildman–Crippen LogP) is 0.928. The van der Waals surface area contributed by atoms with E-state index < -0.39 is 0 Å². The monoisotopic (exact) mass is 206 g/mol. The minimum atomic E-state index is 0.647. The molecule has 2 aromatic heterocycles. The van der Waals surface area contributed by atoms with E-state index in [0.717, 1.165) is 22.3 Å². The normalized spacial score (nSPS) is 11.1. The van der Waals surface area contributed by atoms with Crippen LogP contribution in [-0.4, -0.2) is 21.9 Å². The fourth-order valence-corrected chi connectivity index (χ4v) is 1.60. The molecule has 0 saturated heterocycles. The van der Waals surface area contributed by atoms with Gasteiger partial charge in [-0.1, -0.05) is 0 Å². The number of rotatable bonds is 3. The van der Waals surface area contributed by atoms with Gasteiger partial charge < -0.3 is 4.84 Å². The van der Waals surface area contributed by atoms with E-state index in [2.05, 4.69) is 21.6 Å². The maximum Gasteiger partial charge on any atom is 0.157 e. The molecule has 15 heavy (non-hydrogen) atoms. The Kier molecular flexibility index (Phi) is 2.66. The van der Waals surface area contributed by atoms with Gasteiger partial charge in [0.2, 0.25) is 0 Å². The standard InChI is InChI=1S/C10H14N4O/c1-7-9-4-8(6-12-15-3)5-11-10(9)14(2)13-7/h4-5,12H,6H2,1-3H3. The van der Waals surface area contributed by atoms with Gasteiger partial charge in [-0.05, 0) is 18.6 Å². The van der Waals surface area contributed by atoms with Gasteiger partial charge in [0, 0.05) is 25.2 Å². The molecule has 0 aliphatic heterocycles. The Morgan fingerprint density at radius 1 is 1.53 bits per heavy atom. The number of hydroxylamine groups is 1. The molecule has 0 bridgehead atoms. The summed E-state index contributed by atoms with van der Waals surface area (Å²) in [5, 5.41) is 5.40. The molecule has 0 amide bonds. The minimum absolute atomic E-state index is 0.647. The summed E-state index contributed by atoms with van der Waals surface area (Å²) in [6.45, 7) is 2.63. The fourth-order valence-electron chi connectivity index (χ4n) is 1.60. The molecule has 0 radical (unpaired) electrons. The molecule has 80 valence electrons. The molecule has 0 spiro atoms. The van der Waals surface area contributed by atoms with Crippen molar-refractivity contribution in [3.05, 3.63) is 23.5 Å². The maximum atomic E-state index is 4.79. The number of nitrogens with one attached hydrogen (secondary N) is 1. The molecule has 1 N–H and O–H groups in total. The Labute approximate surface area is 88.0 Å². The zero-order chi connectivity index (χ0) is 10.8. The van der Waals surface area contributed by atoms with Gasteiger partial charge in [0.05, 0.1) is 12.8 Å². The highest BCUT2D eigenvalue weighted by Crippen LogP contribution is 2.16. The molecule has 5 heteroatoms. The molecule has 0 unspecified atom stereocenters. The van der Waals surface area contributed by atoms with E-state index >= 15 is 0 Å². The lowest BCUT2D eigenvalue weighted by molar-refractivity contribution is 0.0867. The van der Waals surface area contributed by atoms with E-state index in [9.17, 15) is 0 Å². The van der Waals surface area contributed by atoms with Gasteiger partial charge in [0.25, 0.3) is 0 Å². The Hall–Kier alpha value is -1.46. The predicted molar refractivity (Wildman–Crippen MR) is 57.1 cm³/mol. The second-order valence-corrected chi connectivity index (χ2v) is 3.45. The Balaban J connectivity index is 2.41. The largest absolute Gasteiger partial charge is 0.305 e. The van der Waals surface area contributed by atoms with Crippen LogP contribution in [0, 0.1) is 6.92 Å². The van der Waals surface area contributed by atoms with E-state index in [-0.39, 0.29) is 0 Å². The van der Waals surface area contributed by atoms with Gasteiger partial charge in [-0.15, -0.1) is 0 Å². The van der Waals surface area contributed by atoms with Gasteiger partial charge in [-0.2, -0.15) is 10.6 Å². The minimum Gasteiger partial charge on any atom is -0.305 e. The highest BCUT2D eigenvalue weighted by molar-refractivity contribution is 5.78. The molecule has 0 aliphatic rings. The number of pyridine rings is 1. The highest BCUT2D eigenvalue weighted by atomic mass is 16.6. The number of aromatic nitrogens is 3. The topological polar surface area (TPSA) is 52.0 Å². The van der Waals surface area contributed by atoms with Crippen molar-refractivity contribution in [1.82, 2.24) is 20.2 Å². The molecule has 0 saturated carbocycles. The first-order valence-electron chi connectivity index (χ1n) is 4.76. The molecule has 5 nitrogen and oxygen atoms in total. The number of hydrogen-bond acceptors (Lipinski definition) is 4. The van der Waals surface area contributed by atoms with E-state index in [0.29, 0.717) is 6.54 Å². The van der Waals surface area contributed by atoms with Crippen molar-refractivity contribution in [3.63, 3.8) is 0 Å². The summed E-state index contributed by atoms with van der Waals surface area (Å²) >= 11 is 0. The van der Waals surface area contributed by atoms with Crippen LogP contribution in [0.25, 0.3) is 11.0 Å². The number of aryl methyl sites for hydroxylation is 2. The molecule has 0 aromatic carbocycles. The van der Waals surface area contributed by atoms with Crippen molar-refractivity contribution in [3.8, 4) is 0 Å². The lowest BCUT2D eigenvalue weighted by Crippen LogP contribution is -2.10. The van der Waals surface area contributed by atoms with Crippen molar-refractivity contribution in [2.24, 2.45) is 7.05 Å². The lowest BCUT2D eigenvalue weighted by Gasteiger charge is -2.01. The third-order valence-electron chi connectivity index (χ3n) is 2.34. The zero-order valence-corrected chi connectivity index (χ0v) is 9.11. The van der Waals surface area contributed by atoms with Crippen LogP contribution < -0.4 is 5.48 Å². The lowest BCUT2D eigenvalue weighted by atomic mass is 10.2. The number of hydrogen-bond donors (Lipinski definition) is 1. The molecule has 0 aliphatic carbocycles. The maximum absolute atomic E-state index is 4.79. The average Bonchev–Trinajstić information content (AvgIpc) is 2.52. The van der Waals surface area contributed by atoms with Gasteiger partial charge in [-0.25, -0.2) is 4.98 Å². The van der Waals surface area contributed by atoms with Gasteiger partial charge >= 0.3 is 0 Å². The van der Waals surface area contributed by atoms with Crippen molar-refractivity contribution >= 4 is 11.0 Å². The van der Waals surface area contributed by atoms with Crippen molar-refractivity contribution in [2.45, 2.75) is 13.5 Å². The summed E-state index contributed by atoms with van der Waals surface area (Å²) in [6, 6.07) is 2.08. The second-order valence-electron chi connectivity index (χ2n) is 3.45. The van der Waals surface area contributed by atoms with Crippen LogP contribution in [0.2, 0.25) is 0 Å². The third kappa shape index (κ3) is 1.84. The summed E-state index contributed by atoms with van der Waals surface area (Å²) in [7, 11) is 3.50. The Morgan fingerprint density at radius 2 is 2.33 bits per heavy atom. The van der Waals surface area contributed by atoms with Crippen LogP contribution >= 0.6 is 0 Å². The van der Waals surface area contributed by atoms with Crippen molar-refractivity contribution in [1.29, 1.82) is 0 Å². The smallest absolute Gasteiger partial charge is 0.157 e. The first-order valence-corrected chi connectivity index (χ1v) is 4.76. The molecule has 2 aromatic rings. The molecule has 2 rings (SSSR count). The highest BCUT2D eigenvalue weighted by Gasteiger charge is 2.06. The first-order chi connectivity index (χ1) is 7.22. The molecule has 2 heterocycles. The summed E-state index contributed by atoms with van der Waals surface area (Å²) in [4.78, 5) is 9.15. The molecular formula is C10H14N4O. The summed E-state index contributed by atoms with van der Waals surface area (Å²) < 4.78 is 1.79. The Bertz CT molecular complexity index is 477. The first kappa shape index (κ1) is 10.1. The van der Waals surface area contributed by atoms with Crippen molar-refractivity contribution < 1.29 is 4.84 Å². The number of fused-ring (bicyclic) bond motifs is 1. The molecular weight excluding hydrogens is 192 g/mol. The van der Waals surface area contributed by atoms with E-state index in [1.807, 2.05) is 20.2 Å². The number of nitrogens with zero attached hydrogens (tertiary/aromatic N) is 3. The van der Waals surface area contributed by atoms with Crippen LogP contribution in [0.5, 0.6) is 0 Å². The zero-order valence-electron chi connectivity index (χ0n) is 9.11.